The Morgan fingerprint density at radius 1 is 1.06 bits per heavy atom. The van der Waals surface area contributed by atoms with Gasteiger partial charge < -0.3 is 19.0 Å². The van der Waals surface area contributed by atoms with Crippen LogP contribution in [0.5, 0.6) is 11.5 Å². The zero-order chi connectivity index (χ0) is 26.4. The molecule has 1 atom stereocenters. The summed E-state index contributed by atoms with van der Waals surface area (Å²) in [6.45, 7) is 0. The van der Waals surface area contributed by atoms with Crippen molar-refractivity contribution in [2.24, 2.45) is 0 Å². The van der Waals surface area contributed by atoms with Gasteiger partial charge in [0.1, 0.15) is 22.6 Å². The van der Waals surface area contributed by atoms with Crippen LogP contribution in [-0.2, 0) is 15.8 Å². The van der Waals surface area contributed by atoms with Crippen LogP contribution >= 0.6 is 23.2 Å². The number of ketones is 1. The number of carbonyl (C=O) groups excluding carboxylic acids is 2. The fourth-order valence-corrected chi connectivity index (χ4v) is 4.63. The molecule has 1 saturated heterocycles. The van der Waals surface area contributed by atoms with Crippen LogP contribution in [0.3, 0.4) is 0 Å². The minimum Gasteiger partial charge on any atom is -0.507 e. The zero-order valence-corrected chi connectivity index (χ0v) is 20.0. The molecule has 0 radical (unpaired) electrons. The van der Waals surface area contributed by atoms with Gasteiger partial charge in [-0.2, -0.15) is 13.2 Å². The number of Topliss-reactive ketones (excluding diaryl/α,β-unsaturated/α-hetero) is 1. The van der Waals surface area contributed by atoms with Crippen LogP contribution in [0.1, 0.15) is 22.9 Å². The molecular weight excluding hydrogens is 526 g/mol. The van der Waals surface area contributed by atoms with Gasteiger partial charge in [0, 0.05) is 5.69 Å². The molecule has 12 heteroatoms. The number of aliphatic hydroxyl groups is 1. The number of rotatable bonds is 5. The van der Waals surface area contributed by atoms with Crippen LogP contribution in [0.15, 0.2) is 58.7 Å². The smallest absolute Gasteiger partial charge is 0.416 e. The molecule has 1 N–H and O–H groups in total. The predicted molar refractivity (Wildman–Crippen MR) is 125 cm³/mol. The van der Waals surface area contributed by atoms with E-state index < -0.39 is 40.8 Å². The summed E-state index contributed by atoms with van der Waals surface area (Å²) in [5.74, 6) is -3.14. The molecule has 188 valence electrons. The summed E-state index contributed by atoms with van der Waals surface area (Å²) in [6.07, 6.45) is -3.45. The summed E-state index contributed by atoms with van der Waals surface area (Å²) >= 11 is 12.5. The van der Waals surface area contributed by atoms with Gasteiger partial charge in [-0.3, -0.25) is 14.5 Å². The lowest BCUT2D eigenvalue weighted by Gasteiger charge is -2.24. The first-order chi connectivity index (χ1) is 17.0. The van der Waals surface area contributed by atoms with Crippen molar-refractivity contribution in [3.05, 3.63) is 81.2 Å². The molecule has 2 aromatic carbocycles. The quantitative estimate of drug-likeness (QED) is 0.233. The largest absolute Gasteiger partial charge is 0.507 e. The van der Waals surface area contributed by atoms with E-state index in [1.807, 2.05) is 0 Å². The Labute approximate surface area is 212 Å². The minimum atomic E-state index is -4.70. The van der Waals surface area contributed by atoms with E-state index in [9.17, 15) is 27.9 Å². The molecule has 1 aliphatic heterocycles. The van der Waals surface area contributed by atoms with Crippen molar-refractivity contribution in [2.75, 3.05) is 19.1 Å². The number of hydrogen-bond donors (Lipinski definition) is 1. The van der Waals surface area contributed by atoms with Gasteiger partial charge in [-0.1, -0.05) is 29.3 Å². The van der Waals surface area contributed by atoms with E-state index in [1.54, 1.807) is 0 Å². The van der Waals surface area contributed by atoms with Gasteiger partial charge in [0.05, 0.1) is 42.2 Å². The van der Waals surface area contributed by atoms with E-state index in [2.05, 4.69) is 0 Å². The maximum absolute atomic E-state index is 13.4. The van der Waals surface area contributed by atoms with Crippen LogP contribution in [0, 0.1) is 0 Å². The third-order valence-electron chi connectivity index (χ3n) is 5.50. The Morgan fingerprint density at radius 3 is 2.33 bits per heavy atom. The molecule has 7 nitrogen and oxygen atoms in total. The summed E-state index contributed by atoms with van der Waals surface area (Å²) in [4.78, 5) is 27.1. The minimum absolute atomic E-state index is 0.0119. The number of aliphatic hydroxyl groups excluding tert-OH is 1. The Kier molecular flexibility index (Phi) is 6.68. The molecule has 0 spiro atoms. The fourth-order valence-electron chi connectivity index (χ4n) is 3.94. The molecule has 1 unspecified atom stereocenters. The van der Waals surface area contributed by atoms with Crippen LogP contribution in [0.25, 0.3) is 5.76 Å². The second-order valence-corrected chi connectivity index (χ2v) is 8.30. The Balaban J connectivity index is 1.98. The van der Waals surface area contributed by atoms with Crippen molar-refractivity contribution in [2.45, 2.75) is 12.2 Å². The molecule has 0 saturated carbocycles. The van der Waals surface area contributed by atoms with E-state index in [4.69, 9.17) is 37.1 Å². The number of ether oxygens (including phenoxy) is 2. The van der Waals surface area contributed by atoms with Crippen molar-refractivity contribution in [3.63, 3.8) is 0 Å². The molecule has 0 bridgehead atoms. The molecule has 36 heavy (non-hydrogen) atoms. The number of anilines is 1. The first-order valence-corrected chi connectivity index (χ1v) is 10.9. The van der Waals surface area contributed by atoms with Gasteiger partial charge in [-0.25, -0.2) is 0 Å². The molecule has 3 aromatic rings. The number of alkyl halides is 3. The van der Waals surface area contributed by atoms with Crippen molar-refractivity contribution in [1.82, 2.24) is 0 Å². The molecule has 1 aliphatic rings. The van der Waals surface area contributed by atoms with E-state index in [0.717, 1.165) is 23.1 Å². The van der Waals surface area contributed by atoms with Crippen molar-refractivity contribution < 1.29 is 41.8 Å². The standard InChI is InChI=1S/C24H16Cl2F3NO6/c1-34-21-13(10-14(25)22(35-2)17(21)26)19(31)16-18(15-7-4-8-36-15)30(23(33)20(16)32)12-6-3-5-11(9-12)24(27,28)29/h3-10,18,31H,1-2H3/b19-16-. The molecule has 1 amide bonds. The fraction of sp³-hybridized carbons (Fsp3) is 0.167. The second-order valence-electron chi connectivity index (χ2n) is 7.52. The lowest BCUT2D eigenvalue weighted by atomic mass is 9.98. The molecule has 4 rings (SSSR count). The highest BCUT2D eigenvalue weighted by Gasteiger charge is 2.49. The van der Waals surface area contributed by atoms with Crippen LogP contribution in [0.2, 0.25) is 10.0 Å². The number of halogens is 5. The third kappa shape index (κ3) is 4.16. The van der Waals surface area contributed by atoms with E-state index in [0.29, 0.717) is 0 Å². The Morgan fingerprint density at radius 2 is 1.75 bits per heavy atom. The number of amides is 1. The van der Waals surface area contributed by atoms with Gasteiger partial charge in [0.25, 0.3) is 11.7 Å². The summed E-state index contributed by atoms with van der Waals surface area (Å²) < 4.78 is 55.9. The normalized spacial score (nSPS) is 17.5. The highest BCUT2D eigenvalue weighted by molar-refractivity contribution is 6.51. The summed E-state index contributed by atoms with van der Waals surface area (Å²) in [6, 6.07) is 6.57. The first-order valence-electron chi connectivity index (χ1n) is 10.1. The maximum atomic E-state index is 13.4. The van der Waals surface area contributed by atoms with Gasteiger partial charge >= 0.3 is 6.18 Å². The summed E-state index contributed by atoms with van der Waals surface area (Å²) in [5, 5.41) is 11.1. The van der Waals surface area contributed by atoms with Crippen LogP contribution < -0.4 is 14.4 Å². The zero-order valence-electron chi connectivity index (χ0n) is 18.5. The van der Waals surface area contributed by atoms with Crippen molar-refractivity contribution in [3.8, 4) is 11.5 Å². The third-order valence-corrected chi connectivity index (χ3v) is 6.13. The SMILES string of the molecule is COc1c(Cl)cc(/C(O)=C2/C(=O)C(=O)N(c3cccc(C(F)(F)F)c3)C2c2ccco2)c(OC)c1Cl. The summed E-state index contributed by atoms with van der Waals surface area (Å²) in [5.41, 5.74) is -1.88. The number of nitrogens with zero attached hydrogens (tertiary/aromatic N) is 1. The van der Waals surface area contributed by atoms with Gasteiger partial charge in [0.2, 0.25) is 0 Å². The summed E-state index contributed by atoms with van der Waals surface area (Å²) in [7, 11) is 2.56. The number of hydrogen-bond acceptors (Lipinski definition) is 6. The molecule has 1 aromatic heterocycles. The number of carbonyl (C=O) groups is 2. The van der Waals surface area contributed by atoms with Crippen LogP contribution in [-0.4, -0.2) is 31.0 Å². The molecule has 2 heterocycles. The monoisotopic (exact) mass is 541 g/mol. The highest BCUT2D eigenvalue weighted by Crippen LogP contribution is 2.48. The van der Waals surface area contributed by atoms with Crippen molar-refractivity contribution in [1.29, 1.82) is 0 Å². The van der Waals surface area contributed by atoms with E-state index in [1.165, 1.54) is 44.7 Å². The molecule has 0 aliphatic carbocycles. The van der Waals surface area contributed by atoms with Gasteiger partial charge in [0.15, 0.2) is 11.5 Å². The number of benzene rings is 2. The highest BCUT2D eigenvalue weighted by atomic mass is 35.5. The van der Waals surface area contributed by atoms with E-state index in [-0.39, 0.29) is 38.6 Å². The topological polar surface area (TPSA) is 89.2 Å². The predicted octanol–water partition coefficient (Wildman–Crippen LogP) is 6.25. The average Bonchev–Trinajstić information content (AvgIpc) is 3.45. The Bertz CT molecular complexity index is 1390. The van der Waals surface area contributed by atoms with Gasteiger partial charge in [-0.05, 0) is 36.4 Å². The second kappa shape index (κ2) is 9.44. The van der Waals surface area contributed by atoms with Crippen LogP contribution in [0.4, 0.5) is 18.9 Å². The molecular formula is C24H16Cl2F3NO6. The van der Waals surface area contributed by atoms with E-state index >= 15 is 0 Å². The van der Waals surface area contributed by atoms with Gasteiger partial charge in [-0.15, -0.1) is 0 Å². The van der Waals surface area contributed by atoms with Crippen molar-refractivity contribution >= 4 is 46.3 Å². The first kappa shape index (κ1) is 25.5. The number of furan rings is 1. The molecule has 1 fully saturated rings. The number of methoxy groups -OCH3 is 2. The lowest BCUT2D eigenvalue weighted by molar-refractivity contribution is -0.137. The lowest BCUT2D eigenvalue weighted by Crippen LogP contribution is -2.29. The maximum Gasteiger partial charge on any atom is 0.416 e. The Hall–Kier alpha value is -3.63. The average molecular weight is 542 g/mol.